The Bertz CT molecular complexity index is 1050. The normalized spacial score (nSPS) is 18.1. The molecule has 31 heavy (non-hydrogen) atoms. The van der Waals surface area contributed by atoms with Crippen LogP contribution in [0.2, 0.25) is 0 Å². The second-order valence-corrected chi connectivity index (χ2v) is 8.60. The van der Waals surface area contributed by atoms with E-state index < -0.39 is 23.2 Å². The molecule has 162 valence electrons. The van der Waals surface area contributed by atoms with Gasteiger partial charge in [-0.25, -0.2) is 18.2 Å². The molecule has 0 radical (unpaired) electrons. The molecule has 2 aromatic rings. The first-order chi connectivity index (χ1) is 14.8. The summed E-state index contributed by atoms with van der Waals surface area (Å²) in [6.45, 7) is 1.71. The Balaban J connectivity index is 1.51. The molecule has 1 spiro atoms. The summed E-state index contributed by atoms with van der Waals surface area (Å²) >= 11 is 1.20. The monoisotopic (exact) mass is 446 g/mol. The maximum atomic E-state index is 13.8. The van der Waals surface area contributed by atoms with Crippen LogP contribution in [0.3, 0.4) is 0 Å². The number of aliphatic imine (C=N–C) groups is 2. The van der Waals surface area contributed by atoms with Crippen molar-refractivity contribution in [1.82, 2.24) is 4.90 Å². The third-order valence-electron chi connectivity index (χ3n) is 5.28. The summed E-state index contributed by atoms with van der Waals surface area (Å²) in [4.78, 5) is 24.3. The van der Waals surface area contributed by atoms with Crippen molar-refractivity contribution in [3.63, 3.8) is 0 Å². The van der Waals surface area contributed by atoms with E-state index in [1.165, 1.54) is 30.0 Å². The fraction of sp³-hybridized carbons (Fsp3) is 0.318. The Kier molecular flexibility index (Phi) is 6.15. The minimum atomic E-state index is -0.838. The van der Waals surface area contributed by atoms with E-state index in [-0.39, 0.29) is 17.3 Å². The highest BCUT2D eigenvalue weighted by Crippen LogP contribution is 2.35. The number of nitrogens with one attached hydrogen (secondary N) is 1. The fourth-order valence-corrected chi connectivity index (χ4v) is 4.41. The number of piperidine rings is 1. The number of halogens is 3. The molecule has 1 fully saturated rings. The van der Waals surface area contributed by atoms with E-state index >= 15 is 0 Å². The third kappa shape index (κ3) is 4.99. The van der Waals surface area contributed by atoms with Crippen LogP contribution in [0.4, 0.5) is 18.9 Å². The van der Waals surface area contributed by atoms with Crippen LogP contribution in [0.15, 0.2) is 52.4 Å². The number of rotatable bonds is 4. The van der Waals surface area contributed by atoms with Crippen molar-refractivity contribution in [2.45, 2.75) is 18.5 Å². The van der Waals surface area contributed by atoms with Gasteiger partial charge in [0, 0.05) is 37.6 Å². The largest absolute Gasteiger partial charge is 0.323 e. The number of nitrogens with zero attached hydrogens (tertiary/aromatic N) is 3. The SMILES string of the molecule is CN1CCC2(CC1)N=C(SCC(=O)Nc1ccc(F)cc1F)C(c1ccc(F)cc1)=N2. The molecule has 0 bridgehead atoms. The summed E-state index contributed by atoms with van der Waals surface area (Å²) in [7, 11) is 2.05. The lowest BCUT2D eigenvalue weighted by Gasteiger charge is -2.33. The van der Waals surface area contributed by atoms with E-state index in [1.54, 1.807) is 12.1 Å². The molecule has 2 aliphatic rings. The second kappa shape index (κ2) is 8.84. The number of carbonyl (C=O) groups excluding carboxylic acids is 1. The molecule has 4 rings (SSSR count). The number of anilines is 1. The predicted molar refractivity (Wildman–Crippen MR) is 117 cm³/mol. The summed E-state index contributed by atoms with van der Waals surface area (Å²) in [6.07, 6.45) is 1.51. The van der Waals surface area contributed by atoms with Crippen molar-refractivity contribution in [3.8, 4) is 0 Å². The van der Waals surface area contributed by atoms with Gasteiger partial charge in [-0.15, -0.1) is 0 Å². The van der Waals surface area contributed by atoms with Gasteiger partial charge in [-0.3, -0.25) is 9.79 Å². The number of thioether (sulfide) groups is 1. The second-order valence-electron chi connectivity index (χ2n) is 7.63. The molecule has 0 aromatic heterocycles. The summed E-state index contributed by atoms with van der Waals surface area (Å²) in [5.41, 5.74) is 0.710. The van der Waals surface area contributed by atoms with E-state index in [1.807, 2.05) is 7.05 Å². The van der Waals surface area contributed by atoms with Crippen LogP contribution in [0.25, 0.3) is 0 Å². The van der Waals surface area contributed by atoms with Gasteiger partial charge < -0.3 is 10.2 Å². The summed E-state index contributed by atoms with van der Waals surface area (Å²) in [6, 6.07) is 8.99. The maximum Gasteiger partial charge on any atom is 0.234 e. The number of benzene rings is 2. The minimum absolute atomic E-state index is 0.0220. The zero-order chi connectivity index (χ0) is 22.0. The van der Waals surface area contributed by atoms with Crippen molar-refractivity contribution >= 4 is 34.1 Å². The average Bonchev–Trinajstić information content (AvgIpc) is 3.10. The molecule has 1 N–H and O–H groups in total. The quantitative estimate of drug-likeness (QED) is 0.770. The first-order valence-electron chi connectivity index (χ1n) is 9.86. The molecule has 2 aliphatic heterocycles. The van der Waals surface area contributed by atoms with E-state index in [0.717, 1.165) is 37.6 Å². The van der Waals surface area contributed by atoms with Crippen LogP contribution in [-0.4, -0.2) is 53.1 Å². The summed E-state index contributed by atoms with van der Waals surface area (Å²) in [5.74, 6) is -2.36. The molecule has 2 heterocycles. The number of likely N-dealkylation sites (tertiary alicyclic amines) is 1. The zero-order valence-electron chi connectivity index (χ0n) is 16.9. The average molecular weight is 446 g/mol. The molecule has 5 nitrogen and oxygen atoms in total. The number of carbonyl (C=O) groups is 1. The third-order valence-corrected chi connectivity index (χ3v) is 6.25. The van der Waals surface area contributed by atoms with Gasteiger partial charge in [0.05, 0.1) is 17.2 Å². The van der Waals surface area contributed by atoms with E-state index in [2.05, 4.69) is 10.2 Å². The van der Waals surface area contributed by atoms with Crippen LogP contribution in [0.1, 0.15) is 18.4 Å². The standard InChI is InChI=1S/C22H21F3N4OS/c1-29-10-8-22(9-11-29)27-20(14-2-4-15(23)5-3-14)21(28-22)31-13-19(30)26-18-7-6-16(24)12-17(18)25/h2-7,12H,8-11,13H2,1H3,(H,26,30). The van der Waals surface area contributed by atoms with E-state index in [9.17, 15) is 18.0 Å². The maximum absolute atomic E-state index is 13.8. The zero-order valence-corrected chi connectivity index (χ0v) is 17.7. The molecule has 0 saturated carbocycles. The first-order valence-corrected chi connectivity index (χ1v) is 10.8. The molecule has 1 amide bonds. The van der Waals surface area contributed by atoms with Crippen molar-refractivity contribution < 1.29 is 18.0 Å². The van der Waals surface area contributed by atoms with E-state index in [4.69, 9.17) is 9.98 Å². The van der Waals surface area contributed by atoms with Crippen molar-refractivity contribution in [2.75, 3.05) is 31.2 Å². The Morgan fingerprint density at radius 1 is 1.06 bits per heavy atom. The minimum Gasteiger partial charge on any atom is -0.323 e. The molecule has 0 aliphatic carbocycles. The molecule has 9 heteroatoms. The smallest absolute Gasteiger partial charge is 0.234 e. The Morgan fingerprint density at radius 2 is 1.74 bits per heavy atom. The highest BCUT2D eigenvalue weighted by atomic mass is 32.2. The van der Waals surface area contributed by atoms with Crippen molar-refractivity contribution in [3.05, 3.63) is 65.5 Å². The van der Waals surface area contributed by atoms with Gasteiger partial charge in [0.1, 0.15) is 22.5 Å². The molecular weight excluding hydrogens is 425 g/mol. The summed E-state index contributed by atoms with van der Waals surface area (Å²) in [5, 5.41) is 3.05. The van der Waals surface area contributed by atoms with Gasteiger partial charge in [-0.05, 0) is 43.4 Å². The van der Waals surface area contributed by atoms with Crippen LogP contribution in [-0.2, 0) is 4.79 Å². The molecule has 0 unspecified atom stereocenters. The molecule has 2 aromatic carbocycles. The van der Waals surface area contributed by atoms with Gasteiger partial charge in [0.25, 0.3) is 0 Å². The highest BCUT2D eigenvalue weighted by molar-refractivity contribution is 8.16. The van der Waals surface area contributed by atoms with Crippen LogP contribution < -0.4 is 5.32 Å². The lowest BCUT2D eigenvalue weighted by molar-refractivity contribution is -0.113. The van der Waals surface area contributed by atoms with Crippen LogP contribution >= 0.6 is 11.8 Å². The Labute approximate surface area is 182 Å². The van der Waals surface area contributed by atoms with Crippen LogP contribution in [0, 0.1) is 17.5 Å². The van der Waals surface area contributed by atoms with Gasteiger partial charge in [-0.1, -0.05) is 11.8 Å². The fourth-order valence-electron chi connectivity index (χ4n) is 3.53. The lowest BCUT2D eigenvalue weighted by Crippen LogP contribution is -2.39. The predicted octanol–water partition coefficient (Wildman–Crippen LogP) is 4.10. The van der Waals surface area contributed by atoms with Gasteiger partial charge in [-0.2, -0.15) is 0 Å². The lowest BCUT2D eigenvalue weighted by atomic mass is 9.99. The highest BCUT2D eigenvalue weighted by Gasteiger charge is 2.39. The Morgan fingerprint density at radius 3 is 2.42 bits per heavy atom. The van der Waals surface area contributed by atoms with Gasteiger partial charge in [0.2, 0.25) is 5.91 Å². The van der Waals surface area contributed by atoms with Gasteiger partial charge >= 0.3 is 0 Å². The van der Waals surface area contributed by atoms with Crippen LogP contribution in [0.5, 0.6) is 0 Å². The molecule has 1 saturated heterocycles. The molecular formula is C22H21F3N4OS. The summed E-state index contributed by atoms with van der Waals surface area (Å²) < 4.78 is 40.2. The van der Waals surface area contributed by atoms with Crippen molar-refractivity contribution in [1.29, 1.82) is 0 Å². The van der Waals surface area contributed by atoms with E-state index in [0.29, 0.717) is 16.8 Å². The topological polar surface area (TPSA) is 57.1 Å². The number of hydrogen-bond acceptors (Lipinski definition) is 5. The number of hydrogen-bond donors (Lipinski definition) is 1. The Hall–Kier alpha value is -2.65. The first kappa shape index (κ1) is 21.6. The number of amides is 1. The van der Waals surface area contributed by atoms with Crippen molar-refractivity contribution in [2.24, 2.45) is 9.98 Å². The van der Waals surface area contributed by atoms with Gasteiger partial charge in [0.15, 0.2) is 5.66 Å². The molecule has 0 atom stereocenters.